The van der Waals surface area contributed by atoms with E-state index in [0.29, 0.717) is 12.2 Å². The predicted molar refractivity (Wildman–Crippen MR) is 72.7 cm³/mol. The Labute approximate surface area is 106 Å². The van der Waals surface area contributed by atoms with Gasteiger partial charge in [-0.15, -0.1) is 0 Å². The Morgan fingerprint density at radius 3 is 3.06 bits per heavy atom. The van der Waals surface area contributed by atoms with Crippen molar-refractivity contribution in [3.05, 3.63) is 36.7 Å². The van der Waals surface area contributed by atoms with Gasteiger partial charge in [-0.2, -0.15) is 0 Å². The van der Waals surface area contributed by atoms with Crippen molar-refractivity contribution in [3.8, 4) is 0 Å². The number of piperidine rings is 1. The van der Waals surface area contributed by atoms with Gasteiger partial charge in [0, 0.05) is 48.9 Å². The Morgan fingerprint density at radius 2 is 2.22 bits per heavy atom. The van der Waals surface area contributed by atoms with Crippen LogP contribution >= 0.6 is 0 Å². The highest BCUT2D eigenvalue weighted by atomic mass is 16.1. The van der Waals surface area contributed by atoms with Gasteiger partial charge >= 0.3 is 0 Å². The second-order valence-electron chi connectivity index (χ2n) is 4.94. The molecule has 1 aromatic carbocycles. The summed E-state index contributed by atoms with van der Waals surface area (Å²) in [5.74, 6) is 0.510. The maximum Gasteiger partial charge on any atom is 0.139 e. The minimum Gasteiger partial charge on any atom is -0.370 e. The SMILES string of the molecule is CC1CN(c2cccc3ccncc23)CCC1=O. The normalized spacial score (nSPS) is 20.4. The number of aromatic nitrogens is 1. The number of fused-ring (bicyclic) bond motifs is 1. The molecule has 0 aliphatic carbocycles. The summed E-state index contributed by atoms with van der Waals surface area (Å²) in [4.78, 5) is 18.1. The van der Waals surface area contributed by atoms with E-state index in [4.69, 9.17) is 0 Å². The topological polar surface area (TPSA) is 33.2 Å². The van der Waals surface area contributed by atoms with Crippen molar-refractivity contribution in [2.24, 2.45) is 5.92 Å². The van der Waals surface area contributed by atoms with Crippen molar-refractivity contribution >= 4 is 22.2 Å². The van der Waals surface area contributed by atoms with Crippen molar-refractivity contribution in [2.75, 3.05) is 18.0 Å². The number of hydrogen-bond donors (Lipinski definition) is 0. The van der Waals surface area contributed by atoms with E-state index in [-0.39, 0.29) is 5.92 Å². The molecule has 0 saturated carbocycles. The second kappa shape index (κ2) is 4.41. The summed E-state index contributed by atoms with van der Waals surface area (Å²) in [5.41, 5.74) is 1.19. The molecule has 1 aromatic heterocycles. The van der Waals surface area contributed by atoms with Crippen LogP contribution < -0.4 is 4.90 Å². The van der Waals surface area contributed by atoms with Crippen LogP contribution in [0, 0.1) is 5.92 Å². The average molecular weight is 240 g/mol. The minimum atomic E-state index is 0.130. The smallest absolute Gasteiger partial charge is 0.139 e. The van der Waals surface area contributed by atoms with Gasteiger partial charge in [0.2, 0.25) is 0 Å². The van der Waals surface area contributed by atoms with Crippen LogP contribution in [-0.4, -0.2) is 23.9 Å². The Hall–Kier alpha value is -1.90. The monoisotopic (exact) mass is 240 g/mol. The lowest BCUT2D eigenvalue weighted by atomic mass is 9.97. The summed E-state index contributed by atoms with van der Waals surface area (Å²) in [6.07, 6.45) is 4.37. The van der Waals surface area contributed by atoms with E-state index in [2.05, 4.69) is 28.1 Å². The lowest BCUT2D eigenvalue weighted by Gasteiger charge is -2.32. The first-order chi connectivity index (χ1) is 8.75. The molecule has 2 heterocycles. The van der Waals surface area contributed by atoms with Gasteiger partial charge < -0.3 is 4.90 Å². The van der Waals surface area contributed by atoms with Gasteiger partial charge in [0.15, 0.2) is 0 Å². The largest absolute Gasteiger partial charge is 0.370 e. The molecule has 92 valence electrons. The van der Waals surface area contributed by atoms with Crippen LogP contribution in [0.25, 0.3) is 10.8 Å². The molecular weight excluding hydrogens is 224 g/mol. The number of anilines is 1. The van der Waals surface area contributed by atoms with E-state index in [1.165, 1.54) is 16.5 Å². The fourth-order valence-electron chi connectivity index (χ4n) is 2.61. The standard InChI is InChI=1S/C15H16N2O/c1-11-10-17(8-6-15(11)18)14-4-2-3-12-5-7-16-9-13(12)14/h2-5,7,9,11H,6,8,10H2,1H3. The van der Waals surface area contributed by atoms with Gasteiger partial charge in [0.1, 0.15) is 5.78 Å². The third-order valence-electron chi connectivity index (χ3n) is 3.67. The summed E-state index contributed by atoms with van der Waals surface area (Å²) in [5, 5.41) is 2.37. The fourth-order valence-corrected chi connectivity index (χ4v) is 2.61. The maximum atomic E-state index is 11.6. The number of carbonyl (C=O) groups excluding carboxylic acids is 1. The molecule has 0 N–H and O–H groups in total. The molecule has 3 rings (SSSR count). The first-order valence-electron chi connectivity index (χ1n) is 6.36. The Kier molecular flexibility index (Phi) is 2.74. The van der Waals surface area contributed by atoms with Crippen molar-refractivity contribution in [2.45, 2.75) is 13.3 Å². The van der Waals surface area contributed by atoms with Gasteiger partial charge in [-0.1, -0.05) is 19.1 Å². The second-order valence-corrected chi connectivity index (χ2v) is 4.94. The van der Waals surface area contributed by atoms with E-state index in [1.54, 1.807) is 0 Å². The van der Waals surface area contributed by atoms with Crippen molar-refractivity contribution in [1.82, 2.24) is 4.98 Å². The van der Waals surface area contributed by atoms with Crippen molar-refractivity contribution in [3.63, 3.8) is 0 Å². The quantitative estimate of drug-likeness (QED) is 0.768. The third kappa shape index (κ3) is 1.86. The van der Waals surface area contributed by atoms with Crippen LogP contribution in [0.1, 0.15) is 13.3 Å². The summed E-state index contributed by atoms with van der Waals surface area (Å²) in [6, 6.07) is 8.31. The zero-order valence-corrected chi connectivity index (χ0v) is 10.5. The van der Waals surface area contributed by atoms with Crippen LogP contribution in [0.2, 0.25) is 0 Å². The molecule has 2 aromatic rings. The number of rotatable bonds is 1. The predicted octanol–water partition coefficient (Wildman–Crippen LogP) is 2.65. The molecule has 18 heavy (non-hydrogen) atoms. The molecule has 0 spiro atoms. The van der Waals surface area contributed by atoms with Crippen LogP contribution in [-0.2, 0) is 4.79 Å². The molecule has 1 aliphatic rings. The highest BCUT2D eigenvalue weighted by Gasteiger charge is 2.24. The van der Waals surface area contributed by atoms with Gasteiger partial charge in [0.05, 0.1) is 0 Å². The van der Waals surface area contributed by atoms with Crippen LogP contribution in [0.15, 0.2) is 36.7 Å². The molecule has 1 fully saturated rings. The number of hydrogen-bond acceptors (Lipinski definition) is 3. The molecule has 1 unspecified atom stereocenters. The average Bonchev–Trinajstić information content (AvgIpc) is 2.41. The molecule has 0 radical (unpaired) electrons. The highest BCUT2D eigenvalue weighted by Crippen LogP contribution is 2.28. The summed E-state index contributed by atoms with van der Waals surface area (Å²) >= 11 is 0. The van der Waals surface area contributed by atoms with Crippen molar-refractivity contribution < 1.29 is 4.79 Å². The van der Waals surface area contributed by atoms with Crippen LogP contribution in [0.4, 0.5) is 5.69 Å². The molecule has 0 bridgehead atoms. The first kappa shape index (κ1) is 11.2. The Morgan fingerprint density at radius 1 is 1.33 bits per heavy atom. The van der Waals surface area contributed by atoms with E-state index in [9.17, 15) is 4.79 Å². The maximum absolute atomic E-state index is 11.6. The summed E-state index contributed by atoms with van der Waals surface area (Å²) in [6.45, 7) is 3.64. The van der Waals surface area contributed by atoms with Gasteiger partial charge in [-0.3, -0.25) is 9.78 Å². The fraction of sp³-hybridized carbons (Fsp3) is 0.333. The number of carbonyl (C=O) groups is 1. The number of nitrogens with zero attached hydrogens (tertiary/aromatic N) is 2. The first-order valence-corrected chi connectivity index (χ1v) is 6.36. The van der Waals surface area contributed by atoms with Gasteiger partial charge in [0.25, 0.3) is 0 Å². The molecule has 1 aliphatic heterocycles. The summed E-state index contributed by atoms with van der Waals surface area (Å²) in [7, 11) is 0. The minimum absolute atomic E-state index is 0.130. The van der Waals surface area contributed by atoms with Crippen molar-refractivity contribution in [1.29, 1.82) is 0 Å². The molecule has 3 heteroatoms. The molecule has 0 amide bonds. The van der Waals surface area contributed by atoms with Crippen LogP contribution in [0.3, 0.4) is 0 Å². The highest BCUT2D eigenvalue weighted by molar-refractivity contribution is 5.94. The number of pyridine rings is 1. The molecular formula is C15H16N2O. The molecule has 1 saturated heterocycles. The Balaban J connectivity index is 2.02. The Bertz CT molecular complexity index is 589. The van der Waals surface area contributed by atoms with Crippen LogP contribution in [0.5, 0.6) is 0 Å². The third-order valence-corrected chi connectivity index (χ3v) is 3.67. The van der Waals surface area contributed by atoms with Gasteiger partial charge in [-0.05, 0) is 17.5 Å². The van der Waals surface area contributed by atoms with E-state index >= 15 is 0 Å². The lowest BCUT2D eigenvalue weighted by molar-refractivity contribution is -0.122. The number of ketones is 1. The van der Waals surface area contributed by atoms with E-state index in [0.717, 1.165) is 13.1 Å². The zero-order chi connectivity index (χ0) is 12.5. The number of Topliss-reactive ketones (excluding diaryl/α,β-unsaturated/α-hetero) is 1. The molecule has 3 nitrogen and oxygen atoms in total. The lowest BCUT2D eigenvalue weighted by Crippen LogP contribution is -2.39. The van der Waals surface area contributed by atoms with Gasteiger partial charge in [-0.25, -0.2) is 0 Å². The molecule has 1 atom stereocenters. The zero-order valence-electron chi connectivity index (χ0n) is 10.5. The summed E-state index contributed by atoms with van der Waals surface area (Å²) < 4.78 is 0. The van der Waals surface area contributed by atoms with E-state index < -0.39 is 0 Å². The van der Waals surface area contributed by atoms with E-state index in [1.807, 2.05) is 25.4 Å². The number of benzene rings is 1.